The molecule has 0 unspecified atom stereocenters. The second-order valence-electron chi connectivity index (χ2n) is 4.12. The van der Waals surface area contributed by atoms with Crippen molar-refractivity contribution in [2.45, 2.75) is 13.5 Å². The molecular formula is C15H14N2O3. The van der Waals surface area contributed by atoms with Crippen molar-refractivity contribution in [3.8, 4) is 5.75 Å². The minimum atomic E-state index is -0.391. The minimum absolute atomic E-state index is 0.204. The Morgan fingerprint density at radius 3 is 2.50 bits per heavy atom. The maximum atomic E-state index is 11.9. The van der Waals surface area contributed by atoms with Crippen molar-refractivity contribution in [2.24, 2.45) is 0 Å². The number of carbonyl (C=O) groups excluding carboxylic acids is 2. The van der Waals surface area contributed by atoms with Crippen molar-refractivity contribution in [3.63, 3.8) is 0 Å². The number of amides is 1. The Labute approximate surface area is 116 Å². The van der Waals surface area contributed by atoms with E-state index in [1.807, 2.05) is 18.2 Å². The Morgan fingerprint density at radius 1 is 1.15 bits per heavy atom. The van der Waals surface area contributed by atoms with Crippen LogP contribution in [0.3, 0.4) is 0 Å². The van der Waals surface area contributed by atoms with Crippen LogP contribution in [0.4, 0.5) is 0 Å². The largest absolute Gasteiger partial charge is 0.427 e. The van der Waals surface area contributed by atoms with Crippen LogP contribution < -0.4 is 10.1 Å². The van der Waals surface area contributed by atoms with Gasteiger partial charge in [-0.15, -0.1) is 0 Å². The number of hydrogen-bond donors (Lipinski definition) is 1. The summed E-state index contributed by atoms with van der Waals surface area (Å²) in [6.07, 6.45) is 1.68. The lowest BCUT2D eigenvalue weighted by Gasteiger charge is -2.06. The summed E-state index contributed by atoms with van der Waals surface area (Å²) in [5, 5.41) is 2.77. The molecule has 0 aliphatic rings. The number of rotatable bonds is 4. The van der Waals surface area contributed by atoms with Crippen LogP contribution in [0, 0.1) is 0 Å². The molecule has 0 saturated heterocycles. The first kappa shape index (κ1) is 13.7. The molecule has 5 heteroatoms. The first-order chi connectivity index (χ1) is 9.65. The van der Waals surface area contributed by atoms with Crippen molar-refractivity contribution < 1.29 is 14.3 Å². The van der Waals surface area contributed by atoms with Gasteiger partial charge in [0.25, 0.3) is 5.91 Å². The number of nitrogens with one attached hydrogen (secondary N) is 1. The zero-order valence-electron chi connectivity index (χ0n) is 11.0. The van der Waals surface area contributed by atoms with Crippen LogP contribution in [0.25, 0.3) is 0 Å². The molecule has 1 heterocycles. The maximum Gasteiger partial charge on any atom is 0.308 e. The molecular weight excluding hydrogens is 256 g/mol. The van der Waals surface area contributed by atoms with Gasteiger partial charge in [0.15, 0.2) is 0 Å². The first-order valence-electron chi connectivity index (χ1n) is 6.12. The van der Waals surface area contributed by atoms with E-state index in [0.29, 0.717) is 17.9 Å². The molecule has 0 aliphatic carbocycles. The predicted octanol–water partition coefficient (Wildman–Crippen LogP) is 1.94. The lowest BCUT2D eigenvalue weighted by Crippen LogP contribution is -2.23. The maximum absolute atomic E-state index is 11.9. The molecule has 0 spiro atoms. The van der Waals surface area contributed by atoms with Gasteiger partial charge >= 0.3 is 5.97 Å². The molecule has 0 atom stereocenters. The first-order valence-corrected chi connectivity index (χ1v) is 6.12. The van der Waals surface area contributed by atoms with E-state index in [1.54, 1.807) is 30.5 Å². The third-order valence-corrected chi connectivity index (χ3v) is 2.53. The third kappa shape index (κ3) is 3.91. The molecule has 5 nitrogen and oxygen atoms in total. The van der Waals surface area contributed by atoms with Crippen LogP contribution in [-0.2, 0) is 11.3 Å². The summed E-state index contributed by atoms with van der Waals surface area (Å²) in [4.78, 5) is 26.8. The van der Waals surface area contributed by atoms with E-state index in [0.717, 1.165) is 5.69 Å². The van der Waals surface area contributed by atoms with Crippen LogP contribution in [-0.4, -0.2) is 16.9 Å². The fourth-order valence-electron chi connectivity index (χ4n) is 1.62. The molecule has 0 saturated carbocycles. The molecule has 1 aromatic carbocycles. The number of carbonyl (C=O) groups is 2. The van der Waals surface area contributed by atoms with Crippen molar-refractivity contribution >= 4 is 11.9 Å². The molecule has 1 aromatic heterocycles. The van der Waals surface area contributed by atoms with Crippen LogP contribution in [0.1, 0.15) is 23.0 Å². The van der Waals surface area contributed by atoms with Crippen molar-refractivity contribution in [3.05, 3.63) is 59.9 Å². The number of benzene rings is 1. The van der Waals surface area contributed by atoms with Gasteiger partial charge in [-0.2, -0.15) is 0 Å². The van der Waals surface area contributed by atoms with Crippen molar-refractivity contribution in [1.29, 1.82) is 0 Å². The Kier molecular flexibility index (Phi) is 4.44. The van der Waals surface area contributed by atoms with E-state index in [4.69, 9.17) is 4.74 Å². The topological polar surface area (TPSA) is 68.3 Å². The molecule has 2 aromatic rings. The number of pyridine rings is 1. The zero-order chi connectivity index (χ0) is 14.4. The highest BCUT2D eigenvalue weighted by atomic mass is 16.5. The van der Waals surface area contributed by atoms with Gasteiger partial charge < -0.3 is 10.1 Å². The molecule has 20 heavy (non-hydrogen) atoms. The SMILES string of the molecule is CC(=O)Oc1ccc(C(=O)NCc2ccccn2)cc1. The van der Waals surface area contributed by atoms with Crippen LogP contribution in [0.2, 0.25) is 0 Å². The van der Waals surface area contributed by atoms with Gasteiger partial charge in [0.05, 0.1) is 12.2 Å². The second kappa shape index (κ2) is 6.47. The van der Waals surface area contributed by atoms with Gasteiger partial charge in [-0.05, 0) is 36.4 Å². The summed E-state index contributed by atoms with van der Waals surface area (Å²) in [7, 11) is 0. The Hall–Kier alpha value is -2.69. The molecule has 2 rings (SSSR count). The highest BCUT2D eigenvalue weighted by Crippen LogP contribution is 2.12. The highest BCUT2D eigenvalue weighted by Gasteiger charge is 2.06. The summed E-state index contributed by atoms with van der Waals surface area (Å²) in [5.41, 5.74) is 1.29. The normalized spacial score (nSPS) is 9.85. The predicted molar refractivity (Wildman–Crippen MR) is 73.2 cm³/mol. The number of aromatic nitrogens is 1. The Bertz CT molecular complexity index is 594. The lowest BCUT2D eigenvalue weighted by atomic mass is 10.2. The van der Waals surface area contributed by atoms with Gasteiger partial charge in [0.1, 0.15) is 5.75 Å². The van der Waals surface area contributed by atoms with E-state index in [1.165, 1.54) is 6.92 Å². The van der Waals surface area contributed by atoms with Crippen LogP contribution in [0.5, 0.6) is 5.75 Å². The monoisotopic (exact) mass is 270 g/mol. The average Bonchev–Trinajstić information content (AvgIpc) is 2.46. The molecule has 0 bridgehead atoms. The average molecular weight is 270 g/mol. The van der Waals surface area contributed by atoms with Gasteiger partial charge in [0.2, 0.25) is 0 Å². The molecule has 102 valence electrons. The minimum Gasteiger partial charge on any atom is -0.427 e. The molecule has 1 N–H and O–H groups in total. The van der Waals surface area contributed by atoms with E-state index in [2.05, 4.69) is 10.3 Å². The number of nitrogens with zero attached hydrogens (tertiary/aromatic N) is 1. The summed E-state index contributed by atoms with van der Waals surface area (Å²) >= 11 is 0. The fourth-order valence-corrected chi connectivity index (χ4v) is 1.62. The third-order valence-electron chi connectivity index (χ3n) is 2.53. The van der Waals surface area contributed by atoms with Crippen molar-refractivity contribution in [2.75, 3.05) is 0 Å². The standard InChI is InChI=1S/C15H14N2O3/c1-11(18)20-14-7-5-12(6-8-14)15(19)17-10-13-4-2-3-9-16-13/h2-9H,10H2,1H3,(H,17,19). The Balaban J connectivity index is 1.94. The second-order valence-corrected chi connectivity index (χ2v) is 4.12. The summed E-state index contributed by atoms with van der Waals surface area (Å²) in [5.74, 6) is -0.179. The van der Waals surface area contributed by atoms with E-state index >= 15 is 0 Å². The fraction of sp³-hybridized carbons (Fsp3) is 0.133. The summed E-state index contributed by atoms with van der Waals surface area (Å²) < 4.78 is 4.90. The number of ether oxygens (including phenoxy) is 1. The van der Waals surface area contributed by atoms with Gasteiger partial charge in [-0.1, -0.05) is 6.07 Å². The van der Waals surface area contributed by atoms with Gasteiger partial charge in [0, 0.05) is 18.7 Å². The Morgan fingerprint density at radius 2 is 1.90 bits per heavy atom. The van der Waals surface area contributed by atoms with E-state index in [-0.39, 0.29) is 5.91 Å². The molecule has 0 fully saturated rings. The quantitative estimate of drug-likeness (QED) is 0.681. The molecule has 0 radical (unpaired) electrons. The van der Waals surface area contributed by atoms with Crippen molar-refractivity contribution in [1.82, 2.24) is 10.3 Å². The zero-order valence-corrected chi connectivity index (χ0v) is 11.0. The van der Waals surface area contributed by atoms with Crippen LogP contribution >= 0.6 is 0 Å². The molecule has 0 aliphatic heterocycles. The lowest BCUT2D eigenvalue weighted by molar-refractivity contribution is -0.131. The van der Waals surface area contributed by atoms with Crippen LogP contribution in [0.15, 0.2) is 48.7 Å². The number of esters is 1. The number of hydrogen-bond acceptors (Lipinski definition) is 4. The highest BCUT2D eigenvalue weighted by molar-refractivity contribution is 5.94. The molecule has 1 amide bonds. The van der Waals surface area contributed by atoms with Gasteiger partial charge in [-0.25, -0.2) is 0 Å². The van der Waals surface area contributed by atoms with Gasteiger partial charge in [-0.3, -0.25) is 14.6 Å². The van der Waals surface area contributed by atoms with E-state index < -0.39 is 5.97 Å². The smallest absolute Gasteiger partial charge is 0.308 e. The summed E-state index contributed by atoms with van der Waals surface area (Å²) in [6.45, 7) is 1.69. The summed E-state index contributed by atoms with van der Waals surface area (Å²) in [6, 6.07) is 11.9. The van der Waals surface area contributed by atoms with E-state index in [9.17, 15) is 9.59 Å².